The predicted molar refractivity (Wildman–Crippen MR) is 137 cm³/mol. The van der Waals surface area contributed by atoms with Crippen molar-refractivity contribution in [3.8, 4) is 17.6 Å². The molecule has 0 unspecified atom stereocenters. The summed E-state index contributed by atoms with van der Waals surface area (Å²) in [6.45, 7) is 1.78. The van der Waals surface area contributed by atoms with Gasteiger partial charge >= 0.3 is 0 Å². The van der Waals surface area contributed by atoms with Crippen molar-refractivity contribution in [3.63, 3.8) is 0 Å². The zero-order valence-corrected chi connectivity index (χ0v) is 20.2. The molecule has 0 heterocycles. The monoisotopic (exact) mass is 509 g/mol. The van der Waals surface area contributed by atoms with Gasteiger partial charge in [0, 0.05) is 16.4 Å². The number of para-hydroxylation sites is 1. The Labute approximate surface area is 212 Å². The second kappa shape index (κ2) is 12.5. The maximum atomic E-state index is 12.6. The summed E-state index contributed by atoms with van der Waals surface area (Å²) in [7, 11) is 0. The number of nitrogens with one attached hydrogen (secondary N) is 2. The number of carbonyl (C=O) groups excluding carboxylic acids is 2. The second-order valence-corrected chi connectivity index (χ2v) is 7.94. The average Bonchev–Trinajstić information content (AvgIpc) is 2.82. The number of rotatable bonds is 9. The third-order valence-electron chi connectivity index (χ3n) is 4.50. The van der Waals surface area contributed by atoms with Crippen LogP contribution in [-0.2, 0) is 9.59 Å². The Kier molecular flexibility index (Phi) is 9.13. The van der Waals surface area contributed by atoms with Gasteiger partial charge in [-0.2, -0.15) is 5.26 Å². The first-order chi connectivity index (χ1) is 16.9. The van der Waals surface area contributed by atoms with Crippen LogP contribution < -0.4 is 20.1 Å². The fourth-order valence-corrected chi connectivity index (χ4v) is 3.47. The van der Waals surface area contributed by atoms with Gasteiger partial charge in [0.15, 0.2) is 18.1 Å². The number of amides is 2. The summed E-state index contributed by atoms with van der Waals surface area (Å²) >= 11 is 12.3. The van der Waals surface area contributed by atoms with Crippen molar-refractivity contribution in [1.29, 1.82) is 5.26 Å². The number of nitrogens with zero attached hydrogens (tertiary/aromatic N) is 1. The first-order valence-corrected chi connectivity index (χ1v) is 11.3. The molecule has 0 saturated heterocycles. The molecule has 0 spiro atoms. The number of anilines is 2. The van der Waals surface area contributed by atoms with E-state index in [0.717, 1.165) is 0 Å². The SMILES string of the molecule is CCOc1cc(/C=C(\C#N)C(=O)Nc2cccc(Cl)c2)cc(Cl)c1OCC(=O)Nc1ccccc1. The van der Waals surface area contributed by atoms with Crippen molar-refractivity contribution >= 4 is 52.5 Å². The van der Waals surface area contributed by atoms with Crippen LogP contribution in [0.25, 0.3) is 6.08 Å². The fourth-order valence-electron chi connectivity index (χ4n) is 3.01. The lowest BCUT2D eigenvalue weighted by atomic mass is 10.1. The zero-order chi connectivity index (χ0) is 25.2. The van der Waals surface area contributed by atoms with Gasteiger partial charge in [0.1, 0.15) is 11.6 Å². The molecule has 7 nitrogen and oxygen atoms in total. The van der Waals surface area contributed by atoms with Gasteiger partial charge in [-0.1, -0.05) is 47.5 Å². The Morgan fingerprint density at radius 1 is 0.971 bits per heavy atom. The number of hydrogen-bond donors (Lipinski definition) is 2. The van der Waals surface area contributed by atoms with Crippen LogP contribution >= 0.6 is 23.2 Å². The van der Waals surface area contributed by atoms with Crippen LogP contribution in [0, 0.1) is 11.3 Å². The lowest BCUT2D eigenvalue weighted by Gasteiger charge is -2.14. The van der Waals surface area contributed by atoms with E-state index in [-0.39, 0.29) is 34.6 Å². The number of halogens is 2. The Bertz CT molecular complexity index is 1290. The molecule has 0 saturated carbocycles. The van der Waals surface area contributed by atoms with Crippen LogP contribution in [0.5, 0.6) is 11.5 Å². The molecular weight excluding hydrogens is 489 g/mol. The fraction of sp³-hybridized carbons (Fsp3) is 0.115. The summed E-state index contributed by atoms with van der Waals surface area (Å²) < 4.78 is 11.3. The Morgan fingerprint density at radius 3 is 2.40 bits per heavy atom. The van der Waals surface area contributed by atoms with E-state index in [4.69, 9.17) is 32.7 Å². The number of benzene rings is 3. The second-order valence-electron chi connectivity index (χ2n) is 7.10. The Morgan fingerprint density at radius 2 is 1.71 bits per heavy atom. The van der Waals surface area contributed by atoms with Crippen LogP contribution in [-0.4, -0.2) is 25.0 Å². The lowest BCUT2D eigenvalue weighted by molar-refractivity contribution is -0.118. The highest BCUT2D eigenvalue weighted by Crippen LogP contribution is 2.37. The topological polar surface area (TPSA) is 100 Å². The molecular formula is C26H21Cl2N3O4. The lowest BCUT2D eigenvalue weighted by Crippen LogP contribution is -2.20. The van der Waals surface area contributed by atoms with Gasteiger partial charge in [0.2, 0.25) is 0 Å². The summed E-state index contributed by atoms with van der Waals surface area (Å²) in [5, 5.41) is 15.5. The van der Waals surface area contributed by atoms with E-state index in [1.54, 1.807) is 61.5 Å². The number of hydrogen-bond acceptors (Lipinski definition) is 5. The van der Waals surface area contributed by atoms with E-state index in [2.05, 4.69) is 10.6 Å². The Balaban J connectivity index is 1.77. The average molecular weight is 510 g/mol. The molecule has 2 N–H and O–H groups in total. The Hall–Kier alpha value is -3.99. The van der Waals surface area contributed by atoms with E-state index >= 15 is 0 Å². The van der Waals surface area contributed by atoms with Crippen LogP contribution in [0.2, 0.25) is 10.0 Å². The third kappa shape index (κ3) is 7.51. The minimum atomic E-state index is -0.609. The molecule has 2 amide bonds. The molecule has 3 rings (SSSR count). The van der Waals surface area contributed by atoms with Crippen molar-refractivity contribution < 1.29 is 19.1 Å². The molecule has 178 valence electrons. The number of nitriles is 1. The predicted octanol–water partition coefficient (Wildman–Crippen LogP) is 5.96. The minimum Gasteiger partial charge on any atom is -0.490 e. The quantitative estimate of drug-likeness (QED) is 0.274. The summed E-state index contributed by atoms with van der Waals surface area (Å²) in [5.74, 6) is -0.535. The molecule has 0 aliphatic rings. The molecule has 3 aromatic rings. The zero-order valence-electron chi connectivity index (χ0n) is 18.7. The van der Waals surface area contributed by atoms with Gasteiger partial charge in [0.05, 0.1) is 11.6 Å². The summed E-state index contributed by atoms with van der Waals surface area (Å²) in [5.41, 5.74) is 1.38. The van der Waals surface area contributed by atoms with Crippen LogP contribution in [0.15, 0.2) is 72.3 Å². The molecule has 0 atom stereocenters. The minimum absolute atomic E-state index is 0.153. The van der Waals surface area contributed by atoms with Crippen molar-refractivity contribution in [2.45, 2.75) is 6.92 Å². The molecule has 0 radical (unpaired) electrons. The smallest absolute Gasteiger partial charge is 0.266 e. The van der Waals surface area contributed by atoms with E-state index in [0.29, 0.717) is 28.6 Å². The third-order valence-corrected chi connectivity index (χ3v) is 5.01. The van der Waals surface area contributed by atoms with Gasteiger partial charge in [-0.3, -0.25) is 9.59 Å². The first-order valence-electron chi connectivity index (χ1n) is 10.5. The van der Waals surface area contributed by atoms with E-state index in [9.17, 15) is 14.9 Å². The summed E-state index contributed by atoms with van der Waals surface area (Å²) in [6.07, 6.45) is 1.38. The highest BCUT2D eigenvalue weighted by molar-refractivity contribution is 6.32. The largest absolute Gasteiger partial charge is 0.490 e. The first kappa shape index (κ1) is 25.6. The van der Waals surface area contributed by atoms with Crippen molar-refractivity contribution in [1.82, 2.24) is 0 Å². The molecule has 3 aromatic carbocycles. The maximum Gasteiger partial charge on any atom is 0.266 e. The van der Waals surface area contributed by atoms with Crippen molar-refractivity contribution in [3.05, 3.63) is 87.9 Å². The maximum absolute atomic E-state index is 12.6. The van der Waals surface area contributed by atoms with Crippen LogP contribution in [0.1, 0.15) is 12.5 Å². The standard InChI is InChI=1S/C26H21Cl2N3O4/c1-2-34-23-13-17(11-18(15-29)26(33)31-21-10-6-7-19(27)14-21)12-22(28)25(23)35-16-24(32)30-20-8-4-3-5-9-20/h3-14H,2,16H2,1H3,(H,30,32)(H,31,33)/b18-11+. The van der Waals surface area contributed by atoms with Gasteiger partial charge in [-0.05, 0) is 61.0 Å². The number of carbonyl (C=O) groups is 2. The highest BCUT2D eigenvalue weighted by Gasteiger charge is 2.16. The van der Waals surface area contributed by atoms with E-state index in [1.807, 2.05) is 12.1 Å². The number of ether oxygens (including phenoxy) is 2. The highest BCUT2D eigenvalue weighted by atomic mass is 35.5. The molecule has 0 aliphatic carbocycles. The van der Waals surface area contributed by atoms with Gasteiger partial charge in [0.25, 0.3) is 11.8 Å². The molecule has 0 fully saturated rings. The molecule has 0 aromatic heterocycles. The van der Waals surface area contributed by atoms with Crippen molar-refractivity contribution in [2.75, 3.05) is 23.8 Å². The van der Waals surface area contributed by atoms with Gasteiger partial charge in [-0.15, -0.1) is 0 Å². The molecule has 9 heteroatoms. The van der Waals surface area contributed by atoms with E-state index in [1.165, 1.54) is 12.1 Å². The summed E-state index contributed by atoms with van der Waals surface area (Å²) in [4.78, 5) is 24.8. The van der Waals surface area contributed by atoms with E-state index < -0.39 is 5.91 Å². The van der Waals surface area contributed by atoms with Crippen LogP contribution in [0.3, 0.4) is 0 Å². The van der Waals surface area contributed by atoms with Crippen LogP contribution in [0.4, 0.5) is 11.4 Å². The molecule has 0 aliphatic heterocycles. The van der Waals surface area contributed by atoms with Gasteiger partial charge < -0.3 is 20.1 Å². The normalized spacial score (nSPS) is 10.7. The molecule has 35 heavy (non-hydrogen) atoms. The summed E-state index contributed by atoms with van der Waals surface area (Å²) in [6, 6.07) is 20.5. The molecule has 0 bridgehead atoms. The van der Waals surface area contributed by atoms with Crippen molar-refractivity contribution in [2.24, 2.45) is 0 Å². The van der Waals surface area contributed by atoms with Gasteiger partial charge in [-0.25, -0.2) is 0 Å².